The lowest BCUT2D eigenvalue weighted by atomic mass is 9.84. The number of nitrogens with zero attached hydrogens (tertiary/aromatic N) is 2. The van der Waals surface area contributed by atoms with Crippen LogP contribution in [0.3, 0.4) is 0 Å². The zero-order valence-electron chi connectivity index (χ0n) is 18.7. The first-order valence-corrected chi connectivity index (χ1v) is 12.0. The molecule has 2 aromatic heterocycles. The molecule has 0 radical (unpaired) electrons. The number of carbonyl (C=O) groups is 3. The van der Waals surface area contributed by atoms with E-state index in [9.17, 15) is 19.2 Å². The molecule has 6 rings (SSSR count). The third kappa shape index (κ3) is 3.64. The summed E-state index contributed by atoms with van der Waals surface area (Å²) in [4.78, 5) is 56.8. The number of carbonyl (C=O) groups excluding carboxylic acids is 3. The summed E-state index contributed by atoms with van der Waals surface area (Å²) in [5, 5.41) is 2.72. The number of ketones is 2. The number of rotatable bonds is 4. The predicted octanol–water partition coefficient (Wildman–Crippen LogP) is 4.54. The molecule has 0 spiro atoms. The number of amides is 1. The summed E-state index contributed by atoms with van der Waals surface area (Å²) in [6.45, 7) is -0.243. The van der Waals surface area contributed by atoms with Crippen molar-refractivity contribution in [2.45, 2.75) is 6.54 Å². The molecular formula is C28H17N3O4S. The van der Waals surface area contributed by atoms with Crippen LogP contribution >= 0.6 is 11.3 Å². The van der Waals surface area contributed by atoms with Crippen LogP contribution in [0.15, 0.2) is 90.0 Å². The highest BCUT2D eigenvalue weighted by atomic mass is 32.1. The highest BCUT2D eigenvalue weighted by Crippen LogP contribution is 2.31. The van der Waals surface area contributed by atoms with Crippen molar-refractivity contribution in [1.82, 2.24) is 9.55 Å². The van der Waals surface area contributed by atoms with Gasteiger partial charge in [0.1, 0.15) is 11.2 Å². The van der Waals surface area contributed by atoms with E-state index in [1.165, 1.54) is 34.4 Å². The minimum Gasteiger partial charge on any atom is -0.325 e. The van der Waals surface area contributed by atoms with Gasteiger partial charge in [-0.2, -0.15) is 0 Å². The Kier molecular flexibility index (Phi) is 5.16. The van der Waals surface area contributed by atoms with Crippen molar-refractivity contribution in [2.75, 3.05) is 5.32 Å². The van der Waals surface area contributed by atoms with E-state index in [0.29, 0.717) is 32.6 Å². The van der Waals surface area contributed by atoms with Gasteiger partial charge in [0.25, 0.3) is 5.56 Å². The SMILES string of the molecule is O=C(Cn1cnc2cc(-c3ccccc3)sc2c1=O)Nc1ccc2c(c1)C(=O)c1ccccc1C2=O. The fraction of sp³-hybridized carbons (Fsp3) is 0.0357. The molecule has 5 aromatic rings. The summed E-state index contributed by atoms with van der Waals surface area (Å²) in [5.41, 5.74) is 2.89. The molecule has 8 heteroatoms. The first kappa shape index (κ1) is 21.8. The Morgan fingerprint density at radius 1 is 0.806 bits per heavy atom. The van der Waals surface area contributed by atoms with Crippen LogP contribution in [-0.2, 0) is 11.3 Å². The molecule has 0 bridgehead atoms. The van der Waals surface area contributed by atoms with Crippen LogP contribution in [0.5, 0.6) is 0 Å². The van der Waals surface area contributed by atoms with Crippen molar-refractivity contribution in [3.63, 3.8) is 0 Å². The van der Waals surface area contributed by atoms with Crippen LogP contribution in [0.4, 0.5) is 5.69 Å². The summed E-state index contributed by atoms with van der Waals surface area (Å²) >= 11 is 1.34. The van der Waals surface area contributed by atoms with E-state index in [0.717, 1.165) is 10.4 Å². The number of fused-ring (bicyclic) bond motifs is 3. The minimum atomic E-state index is -0.451. The van der Waals surface area contributed by atoms with Gasteiger partial charge in [-0.15, -0.1) is 11.3 Å². The van der Waals surface area contributed by atoms with Crippen LogP contribution in [0.25, 0.3) is 20.7 Å². The number of nitrogens with one attached hydrogen (secondary N) is 1. The number of hydrogen-bond acceptors (Lipinski definition) is 6. The van der Waals surface area contributed by atoms with E-state index in [2.05, 4.69) is 10.3 Å². The van der Waals surface area contributed by atoms with Crippen LogP contribution in [0, 0.1) is 0 Å². The molecule has 1 amide bonds. The number of hydrogen-bond donors (Lipinski definition) is 1. The van der Waals surface area contributed by atoms with Crippen molar-refractivity contribution in [3.8, 4) is 10.4 Å². The lowest BCUT2D eigenvalue weighted by Gasteiger charge is -2.18. The number of aromatic nitrogens is 2. The van der Waals surface area contributed by atoms with Gasteiger partial charge in [-0.05, 0) is 29.8 Å². The van der Waals surface area contributed by atoms with E-state index in [-0.39, 0.29) is 29.2 Å². The minimum absolute atomic E-state index is 0.227. The van der Waals surface area contributed by atoms with E-state index < -0.39 is 5.91 Å². The zero-order valence-corrected chi connectivity index (χ0v) is 19.5. The highest BCUT2D eigenvalue weighted by molar-refractivity contribution is 7.22. The molecule has 0 atom stereocenters. The standard InChI is InChI=1S/C28H17N3O4S/c32-24(14-31-15-29-22-13-23(36-27(22)28(31)35)16-6-2-1-3-7-16)30-17-10-11-20-21(12-17)26(34)19-9-5-4-8-18(19)25(20)33/h1-13,15H,14H2,(H,30,32). The van der Waals surface area contributed by atoms with Crippen molar-refractivity contribution in [1.29, 1.82) is 0 Å². The molecule has 0 fully saturated rings. The number of benzene rings is 3. The lowest BCUT2D eigenvalue weighted by molar-refractivity contribution is -0.116. The quantitative estimate of drug-likeness (QED) is 0.391. The summed E-state index contributed by atoms with van der Waals surface area (Å²) < 4.78 is 1.73. The fourth-order valence-electron chi connectivity index (χ4n) is 4.33. The van der Waals surface area contributed by atoms with Crippen LogP contribution in [0.1, 0.15) is 31.8 Å². The second-order valence-corrected chi connectivity index (χ2v) is 9.43. The summed E-state index contributed by atoms with van der Waals surface area (Å²) in [6.07, 6.45) is 1.36. The van der Waals surface area contributed by atoms with Gasteiger partial charge in [0, 0.05) is 32.8 Å². The summed E-state index contributed by atoms with van der Waals surface area (Å²) in [7, 11) is 0. The second kappa shape index (κ2) is 8.51. The molecule has 0 unspecified atom stereocenters. The maximum atomic E-state index is 13.0. The van der Waals surface area contributed by atoms with E-state index in [1.807, 2.05) is 36.4 Å². The average Bonchev–Trinajstić information content (AvgIpc) is 3.35. The summed E-state index contributed by atoms with van der Waals surface area (Å²) in [5.74, 6) is -0.947. The Morgan fingerprint density at radius 3 is 2.22 bits per heavy atom. The van der Waals surface area contributed by atoms with Gasteiger partial charge in [-0.1, -0.05) is 54.6 Å². The Morgan fingerprint density at radius 2 is 1.47 bits per heavy atom. The van der Waals surface area contributed by atoms with Crippen molar-refractivity contribution >= 4 is 44.7 Å². The molecule has 3 aromatic carbocycles. The predicted molar refractivity (Wildman–Crippen MR) is 138 cm³/mol. The second-order valence-electron chi connectivity index (χ2n) is 8.38. The van der Waals surface area contributed by atoms with Gasteiger partial charge >= 0.3 is 0 Å². The topological polar surface area (TPSA) is 98.1 Å². The molecule has 0 aliphatic heterocycles. The number of thiophene rings is 1. The van der Waals surface area contributed by atoms with Crippen molar-refractivity contribution in [3.05, 3.63) is 118 Å². The van der Waals surface area contributed by atoms with Gasteiger partial charge in [-0.25, -0.2) is 4.98 Å². The van der Waals surface area contributed by atoms with Crippen molar-refractivity contribution < 1.29 is 14.4 Å². The molecule has 2 heterocycles. The highest BCUT2D eigenvalue weighted by Gasteiger charge is 2.29. The zero-order chi connectivity index (χ0) is 24.8. The smallest absolute Gasteiger partial charge is 0.271 e. The van der Waals surface area contributed by atoms with Gasteiger partial charge in [0.15, 0.2) is 11.6 Å². The van der Waals surface area contributed by atoms with Gasteiger partial charge < -0.3 is 5.32 Å². The van der Waals surface area contributed by atoms with Gasteiger partial charge in [-0.3, -0.25) is 23.7 Å². The maximum absolute atomic E-state index is 13.0. The molecule has 1 aliphatic rings. The van der Waals surface area contributed by atoms with Crippen LogP contribution in [0.2, 0.25) is 0 Å². The maximum Gasteiger partial charge on any atom is 0.271 e. The molecular weight excluding hydrogens is 474 g/mol. The molecule has 0 saturated carbocycles. The Hall–Kier alpha value is -4.69. The number of anilines is 1. The largest absolute Gasteiger partial charge is 0.325 e. The Labute approximate surface area is 208 Å². The lowest BCUT2D eigenvalue weighted by Crippen LogP contribution is -2.27. The Bertz CT molecular complexity index is 1770. The molecule has 1 N–H and O–H groups in total. The van der Waals surface area contributed by atoms with Crippen LogP contribution in [-0.4, -0.2) is 27.0 Å². The molecule has 7 nitrogen and oxygen atoms in total. The third-order valence-electron chi connectivity index (χ3n) is 6.08. The van der Waals surface area contributed by atoms with Crippen molar-refractivity contribution in [2.24, 2.45) is 0 Å². The van der Waals surface area contributed by atoms with E-state index >= 15 is 0 Å². The van der Waals surface area contributed by atoms with Gasteiger partial charge in [0.2, 0.25) is 5.91 Å². The fourth-order valence-corrected chi connectivity index (χ4v) is 5.40. The van der Waals surface area contributed by atoms with E-state index in [1.54, 1.807) is 30.3 Å². The monoisotopic (exact) mass is 491 g/mol. The normalized spacial score (nSPS) is 12.3. The molecule has 1 aliphatic carbocycles. The Balaban J connectivity index is 1.24. The van der Waals surface area contributed by atoms with Crippen LogP contribution < -0.4 is 10.9 Å². The summed E-state index contributed by atoms with van der Waals surface area (Å²) in [6, 6.07) is 22.9. The first-order chi connectivity index (χ1) is 17.5. The average molecular weight is 492 g/mol. The molecule has 0 saturated heterocycles. The van der Waals surface area contributed by atoms with E-state index in [4.69, 9.17) is 0 Å². The molecule has 174 valence electrons. The third-order valence-corrected chi connectivity index (χ3v) is 7.25. The van der Waals surface area contributed by atoms with Gasteiger partial charge in [0.05, 0.1) is 11.8 Å². The first-order valence-electron chi connectivity index (χ1n) is 11.2. The molecule has 36 heavy (non-hydrogen) atoms.